The first-order valence-electron chi connectivity index (χ1n) is 7.79. The maximum Gasteiger partial charge on any atom is 0.242 e. The standard InChI is InChI=1S/C15H22ClFN4O2S.HI/c1-11-4-8-21(9-5-11)15(18)19-6-7-20-24(22,23)14-3-2-12(17)10-13(14)16;/h2-3,10-11,20H,4-9H2,1H3,(H2,18,19);1H. The summed E-state index contributed by atoms with van der Waals surface area (Å²) < 4.78 is 39.7. The molecule has 3 N–H and O–H groups in total. The van der Waals surface area contributed by atoms with E-state index in [0.29, 0.717) is 11.9 Å². The molecule has 0 bridgehead atoms. The van der Waals surface area contributed by atoms with Gasteiger partial charge in [0.2, 0.25) is 10.0 Å². The van der Waals surface area contributed by atoms with E-state index in [1.807, 2.05) is 4.90 Å². The lowest BCUT2D eigenvalue weighted by Gasteiger charge is -2.31. The van der Waals surface area contributed by atoms with Gasteiger partial charge in [0.05, 0.1) is 11.6 Å². The van der Waals surface area contributed by atoms with Crippen LogP contribution in [0.3, 0.4) is 0 Å². The first kappa shape index (κ1) is 22.4. The van der Waals surface area contributed by atoms with Gasteiger partial charge in [-0.1, -0.05) is 18.5 Å². The van der Waals surface area contributed by atoms with Crippen molar-refractivity contribution in [2.24, 2.45) is 16.6 Å². The smallest absolute Gasteiger partial charge is 0.242 e. The van der Waals surface area contributed by atoms with E-state index in [1.165, 1.54) is 0 Å². The molecule has 1 saturated heterocycles. The molecule has 0 aromatic heterocycles. The number of guanidine groups is 1. The zero-order chi connectivity index (χ0) is 17.7. The van der Waals surface area contributed by atoms with Crippen LogP contribution < -0.4 is 10.5 Å². The van der Waals surface area contributed by atoms with Gasteiger partial charge in [-0.15, -0.1) is 24.0 Å². The Balaban J connectivity index is 0.00000312. The third-order valence-corrected chi connectivity index (χ3v) is 5.91. The monoisotopic (exact) mass is 504 g/mol. The van der Waals surface area contributed by atoms with Crippen molar-refractivity contribution in [2.45, 2.75) is 24.7 Å². The second-order valence-electron chi connectivity index (χ2n) is 5.88. The Hall–Kier alpha value is -0.650. The molecule has 1 heterocycles. The molecular formula is C15H23ClFIN4O2S. The number of halogens is 3. The van der Waals surface area contributed by atoms with E-state index in [1.54, 1.807) is 0 Å². The van der Waals surface area contributed by atoms with Gasteiger partial charge in [0.1, 0.15) is 10.7 Å². The normalized spacial score (nSPS) is 16.6. The van der Waals surface area contributed by atoms with Gasteiger partial charge in [0.25, 0.3) is 0 Å². The molecule has 1 fully saturated rings. The zero-order valence-corrected chi connectivity index (χ0v) is 17.8. The molecule has 1 aromatic carbocycles. The molecule has 10 heteroatoms. The zero-order valence-electron chi connectivity index (χ0n) is 13.9. The molecular weight excluding hydrogens is 482 g/mol. The van der Waals surface area contributed by atoms with E-state index < -0.39 is 15.8 Å². The topological polar surface area (TPSA) is 87.8 Å². The number of nitrogens with one attached hydrogen (secondary N) is 1. The number of hydrogen-bond acceptors (Lipinski definition) is 3. The van der Waals surface area contributed by atoms with Gasteiger partial charge in [0, 0.05) is 19.6 Å². The van der Waals surface area contributed by atoms with E-state index >= 15 is 0 Å². The Morgan fingerprint density at radius 2 is 2.08 bits per heavy atom. The highest BCUT2D eigenvalue weighted by Gasteiger charge is 2.19. The van der Waals surface area contributed by atoms with E-state index in [0.717, 1.165) is 44.1 Å². The number of piperidine rings is 1. The van der Waals surface area contributed by atoms with Crippen molar-refractivity contribution in [3.05, 3.63) is 29.0 Å². The number of sulfonamides is 1. The van der Waals surface area contributed by atoms with Gasteiger partial charge in [-0.25, -0.2) is 17.5 Å². The molecule has 0 amide bonds. The van der Waals surface area contributed by atoms with Crippen molar-refractivity contribution in [1.82, 2.24) is 9.62 Å². The third kappa shape index (κ3) is 6.54. The maximum absolute atomic E-state index is 13.0. The van der Waals surface area contributed by atoms with Gasteiger partial charge >= 0.3 is 0 Å². The maximum atomic E-state index is 13.0. The fourth-order valence-electron chi connectivity index (χ4n) is 2.46. The van der Waals surface area contributed by atoms with Crippen molar-refractivity contribution >= 4 is 51.6 Å². The van der Waals surface area contributed by atoms with Crippen LogP contribution in [0.4, 0.5) is 4.39 Å². The fraction of sp³-hybridized carbons (Fsp3) is 0.533. The molecule has 0 saturated carbocycles. The summed E-state index contributed by atoms with van der Waals surface area (Å²) in [6.07, 6.45) is 2.15. The van der Waals surface area contributed by atoms with Crippen LogP contribution in [0.25, 0.3) is 0 Å². The first-order chi connectivity index (χ1) is 11.3. The quantitative estimate of drug-likeness (QED) is 0.279. The minimum Gasteiger partial charge on any atom is -0.370 e. The predicted molar refractivity (Wildman–Crippen MR) is 108 cm³/mol. The largest absolute Gasteiger partial charge is 0.370 e. The summed E-state index contributed by atoms with van der Waals surface area (Å²) in [4.78, 5) is 6.05. The summed E-state index contributed by atoms with van der Waals surface area (Å²) in [5.74, 6) is 0.536. The molecule has 1 aliphatic heterocycles. The molecule has 0 aliphatic carbocycles. The molecule has 25 heavy (non-hydrogen) atoms. The van der Waals surface area contributed by atoms with Crippen LogP contribution >= 0.6 is 35.6 Å². The first-order valence-corrected chi connectivity index (χ1v) is 9.65. The van der Waals surface area contributed by atoms with Gasteiger partial charge in [0.15, 0.2) is 5.96 Å². The summed E-state index contributed by atoms with van der Waals surface area (Å²) in [6, 6.07) is 3.14. The second-order valence-corrected chi connectivity index (χ2v) is 8.02. The van der Waals surface area contributed by atoms with Crippen molar-refractivity contribution in [2.75, 3.05) is 26.2 Å². The lowest BCUT2D eigenvalue weighted by atomic mass is 10.00. The summed E-state index contributed by atoms with van der Waals surface area (Å²) in [5, 5.41) is -0.159. The number of likely N-dealkylation sites (tertiary alicyclic amines) is 1. The van der Waals surface area contributed by atoms with Gasteiger partial charge in [-0.3, -0.25) is 4.99 Å². The van der Waals surface area contributed by atoms with Crippen LogP contribution in [0.2, 0.25) is 5.02 Å². The molecule has 6 nitrogen and oxygen atoms in total. The van der Waals surface area contributed by atoms with Crippen LogP contribution in [-0.4, -0.2) is 45.5 Å². The summed E-state index contributed by atoms with van der Waals surface area (Å²) in [7, 11) is -3.81. The Bertz CT molecular complexity index is 709. The molecule has 1 aliphatic rings. The van der Waals surface area contributed by atoms with Crippen LogP contribution in [0.5, 0.6) is 0 Å². The molecule has 0 unspecified atom stereocenters. The molecule has 1 aromatic rings. The fourth-order valence-corrected chi connectivity index (χ4v) is 4.01. The summed E-state index contributed by atoms with van der Waals surface area (Å²) in [5.41, 5.74) is 5.93. The van der Waals surface area contributed by atoms with Gasteiger partial charge < -0.3 is 10.6 Å². The van der Waals surface area contributed by atoms with E-state index in [9.17, 15) is 12.8 Å². The Labute approximate surface area is 170 Å². The minimum atomic E-state index is -3.81. The molecule has 0 radical (unpaired) electrons. The van der Waals surface area contributed by atoms with Crippen LogP contribution in [0, 0.1) is 11.7 Å². The Kier molecular flexibility index (Phi) is 8.85. The average molecular weight is 505 g/mol. The van der Waals surface area contributed by atoms with Gasteiger partial charge in [-0.2, -0.15) is 0 Å². The van der Waals surface area contributed by atoms with Crippen LogP contribution in [0.15, 0.2) is 28.1 Å². The highest BCUT2D eigenvalue weighted by Crippen LogP contribution is 2.21. The lowest BCUT2D eigenvalue weighted by molar-refractivity contribution is 0.277. The highest BCUT2D eigenvalue weighted by molar-refractivity contribution is 14.0. The highest BCUT2D eigenvalue weighted by atomic mass is 127. The van der Waals surface area contributed by atoms with Crippen molar-refractivity contribution in [1.29, 1.82) is 0 Å². The summed E-state index contributed by atoms with van der Waals surface area (Å²) in [6.45, 7) is 4.25. The van der Waals surface area contributed by atoms with Gasteiger partial charge in [-0.05, 0) is 37.0 Å². The molecule has 2 rings (SSSR count). The number of aliphatic imine (C=N–C) groups is 1. The number of nitrogens with two attached hydrogens (primary N) is 1. The van der Waals surface area contributed by atoms with E-state index in [-0.39, 0.29) is 47.0 Å². The Morgan fingerprint density at radius 1 is 1.44 bits per heavy atom. The molecule has 0 atom stereocenters. The van der Waals surface area contributed by atoms with Crippen molar-refractivity contribution < 1.29 is 12.8 Å². The number of benzene rings is 1. The Morgan fingerprint density at radius 3 is 2.68 bits per heavy atom. The number of nitrogens with zero attached hydrogens (tertiary/aromatic N) is 2. The molecule has 0 spiro atoms. The predicted octanol–water partition coefficient (Wildman–Crippen LogP) is 2.42. The lowest BCUT2D eigenvalue weighted by Crippen LogP contribution is -2.42. The third-order valence-electron chi connectivity index (χ3n) is 3.97. The average Bonchev–Trinajstić information content (AvgIpc) is 2.51. The number of rotatable bonds is 5. The number of hydrogen-bond donors (Lipinski definition) is 2. The SMILES string of the molecule is CC1CCN(C(N)=NCCNS(=O)(=O)c2ccc(F)cc2Cl)CC1.I. The second kappa shape index (κ2) is 9.89. The van der Waals surface area contributed by atoms with Crippen molar-refractivity contribution in [3.63, 3.8) is 0 Å². The van der Waals surface area contributed by atoms with E-state index in [4.69, 9.17) is 17.3 Å². The van der Waals surface area contributed by atoms with Crippen LogP contribution in [0.1, 0.15) is 19.8 Å². The van der Waals surface area contributed by atoms with Crippen molar-refractivity contribution in [3.8, 4) is 0 Å². The van der Waals surface area contributed by atoms with E-state index in [2.05, 4.69) is 16.6 Å². The minimum absolute atomic E-state index is 0. The summed E-state index contributed by atoms with van der Waals surface area (Å²) >= 11 is 5.78. The molecule has 142 valence electrons. The van der Waals surface area contributed by atoms with Crippen LogP contribution in [-0.2, 0) is 10.0 Å².